The first-order chi connectivity index (χ1) is 10.4. The Bertz CT molecular complexity index is 704. The number of rotatable bonds is 3. The van der Waals surface area contributed by atoms with Gasteiger partial charge in [-0.1, -0.05) is 6.92 Å². The molecule has 3 heterocycles. The van der Waals surface area contributed by atoms with Crippen LogP contribution in [0.1, 0.15) is 39.9 Å². The lowest BCUT2D eigenvalue weighted by atomic mass is 10.1. The van der Waals surface area contributed by atoms with E-state index in [-0.39, 0.29) is 17.5 Å². The van der Waals surface area contributed by atoms with Crippen LogP contribution in [0.2, 0.25) is 0 Å². The van der Waals surface area contributed by atoms with E-state index in [4.69, 9.17) is 0 Å². The Labute approximate surface area is 134 Å². The zero-order valence-corrected chi connectivity index (χ0v) is 14.3. The Hall–Kier alpha value is -1.69. The normalized spacial score (nSPS) is 19.2. The summed E-state index contributed by atoms with van der Waals surface area (Å²) in [6, 6.07) is 2.15. The van der Waals surface area contributed by atoms with Crippen molar-refractivity contribution in [2.75, 3.05) is 11.9 Å². The second kappa shape index (κ2) is 5.50. The van der Waals surface area contributed by atoms with Gasteiger partial charge in [-0.05, 0) is 32.2 Å². The molecule has 6 heteroatoms. The molecule has 1 unspecified atom stereocenters. The lowest BCUT2D eigenvalue weighted by Crippen LogP contribution is -2.43. The van der Waals surface area contributed by atoms with Gasteiger partial charge in [-0.3, -0.25) is 4.79 Å². The largest absolute Gasteiger partial charge is 0.364 e. The van der Waals surface area contributed by atoms with Gasteiger partial charge in [0.2, 0.25) is 5.91 Å². The summed E-state index contributed by atoms with van der Waals surface area (Å²) in [5, 5.41) is 6.55. The zero-order valence-electron chi connectivity index (χ0n) is 13.5. The maximum atomic E-state index is 12.2. The van der Waals surface area contributed by atoms with Crippen LogP contribution in [0.3, 0.4) is 0 Å². The number of aryl methyl sites for hydroxylation is 1. The van der Waals surface area contributed by atoms with Crippen LogP contribution in [-0.4, -0.2) is 38.9 Å². The predicted molar refractivity (Wildman–Crippen MR) is 90.3 cm³/mol. The first-order valence-corrected chi connectivity index (χ1v) is 8.57. The van der Waals surface area contributed by atoms with Gasteiger partial charge in [0.05, 0.1) is 11.4 Å². The Kier molecular flexibility index (Phi) is 3.80. The average molecular weight is 318 g/mol. The van der Waals surface area contributed by atoms with Gasteiger partial charge >= 0.3 is 0 Å². The topological polar surface area (TPSA) is 58.1 Å². The summed E-state index contributed by atoms with van der Waals surface area (Å²) < 4.78 is 0. The van der Waals surface area contributed by atoms with Crippen LogP contribution in [0.15, 0.2) is 11.4 Å². The smallest absolute Gasteiger partial charge is 0.225 e. The summed E-state index contributed by atoms with van der Waals surface area (Å²) in [5.74, 6) is 1.91. The van der Waals surface area contributed by atoms with E-state index in [1.807, 2.05) is 16.3 Å². The van der Waals surface area contributed by atoms with E-state index in [9.17, 15) is 4.79 Å². The molecule has 1 aliphatic heterocycles. The number of nitrogens with zero attached hydrogens (tertiary/aromatic N) is 3. The molecule has 1 amide bonds. The fourth-order valence-electron chi connectivity index (χ4n) is 2.81. The number of amides is 1. The highest BCUT2D eigenvalue weighted by molar-refractivity contribution is 7.16. The molecule has 118 valence electrons. The molecule has 0 aliphatic carbocycles. The van der Waals surface area contributed by atoms with Gasteiger partial charge in [-0.2, -0.15) is 0 Å². The molecule has 0 radical (unpaired) electrons. The third kappa shape index (κ3) is 2.79. The molecule has 1 aliphatic rings. The number of carbonyl (C=O) groups excluding carboxylic acids is 1. The Balaban J connectivity index is 1.85. The van der Waals surface area contributed by atoms with Crippen LogP contribution in [0.5, 0.6) is 0 Å². The lowest BCUT2D eigenvalue weighted by molar-refractivity contribution is -0.131. The minimum atomic E-state index is -0.133. The van der Waals surface area contributed by atoms with Crippen LogP contribution in [0.4, 0.5) is 5.82 Å². The summed E-state index contributed by atoms with van der Waals surface area (Å²) in [7, 11) is 0. The summed E-state index contributed by atoms with van der Waals surface area (Å²) in [5.41, 5.74) is -0.133. The van der Waals surface area contributed by atoms with E-state index in [1.165, 1.54) is 0 Å². The molecule has 2 aromatic heterocycles. The van der Waals surface area contributed by atoms with Gasteiger partial charge < -0.3 is 10.2 Å². The Morgan fingerprint density at radius 2 is 2.18 bits per heavy atom. The lowest BCUT2D eigenvalue weighted by Gasteiger charge is -2.32. The van der Waals surface area contributed by atoms with E-state index in [1.54, 1.807) is 11.3 Å². The highest BCUT2D eigenvalue weighted by atomic mass is 32.1. The number of aromatic nitrogens is 2. The average Bonchev–Trinajstić information content (AvgIpc) is 3.04. The molecular weight excluding hydrogens is 296 g/mol. The highest BCUT2D eigenvalue weighted by Gasteiger charge is 2.36. The maximum Gasteiger partial charge on any atom is 0.225 e. The molecule has 2 aromatic rings. The highest BCUT2D eigenvalue weighted by Crippen LogP contribution is 2.28. The first-order valence-electron chi connectivity index (χ1n) is 7.69. The number of anilines is 1. The predicted octanol–water partition coefficient (Wildman–Crippen LogP) is 3.07. The number of nitrogens with one attached hydrogen (secondary N) is 1. The summed E-state index contributed by atoms with van der Waals surface area (Å²) >= 11 is 1.63. The molecule has 3 rings (SSSR count). The minimum absolute atomic E-state index is 0.106. The molecular formula is C16H22N4OS. The summed E-state index contributed by atoms with van der Waals surface area (Å²) in [6.07, 6.45) is 1.33. The SMILES string of the molecule is CCc1nc(NC2CC(=O)N(C(C)(C)C)C2)c2ccsc2n1. The summed E-state index contributed by atoms with van der Waals surface area (Å²) in [6.45, 7) is 9.00. The van der Waals surface area contributed by atoms with E-state index >= 15 is 0 Å². The molecule has 1 saturated heterocycles. The Morgan fingerprint density at radius 3 is 2.82 bits per heavy atom. The van der Waals surface area contributed by atoms with Gasteiger partial charge in [0.1, 0.15) is 16.5 Å². The van der Waals surface area contributed by atoms with Crippen LogP contribution in [-0.2, 0) is 11.2 Å². The number of carbonyl (C=O) groups is 1. The number of hydrogen-bond donors (Lipinski definition) is 1. The quantitative estimate of drug-likeness (QED) is 0.945. The zero-order chi connectivity index (χ0) is 15.9. The fraction of sp³-hybridized carbons (Fsp3) is 0.562. The van der Waals surface area contributed by atoms with Gasteiger partial charge in [0.25, 0.3) is 0 Å². The standard InChI is InChI=1S/C16H22N4OS/c1-5-12-18-14(11-6-7-22-15(11)19-12)17-10-8-13(21)20(9-10)16(2,3)4/h6-7,10H,5,8-9H2,1-4H3,(H,17,18,19). The summed E-state index contributed by atoms with van der Waals surface area (Å²) in [4.78, 5) is 24.3. The molecule has 0 saturated carbocycles. The van der Waals surface area contributed by atoms with E-state index in [0.717, 1.165) is 34.8 Å². The number of hydrogen-bond acceptors (Lipinski definition) is 5. The van der Waals surface area contributed by atoms with Crippen LogP contribution < -0.4 is 5.32 Å². The first kappa shape index (κ1) is 15.2. The van der Waals surface area contributed by atoms with Crippen molar-refractivity contribution in [3.63, 3.8) is 0 Å². The second-order valence-corrected chi connectivity index (χ2v) is 7.60. The van der Waals surface area contributed by atoms with E-state index < -0.39 is 0 Å². The number of thiophene rings is 1. The van der Waals surface area contributed by atoms with Gasteiger partial charge in [0.15, 0.2) is 0 Å². The van der Waals surface area contributed by atoms with Crippen molar-refractivity contribution >= 4 is 33.3 Å². The number of likely N-dealkylation sites (tertiary alicyclic amines) is 1. The molecule has 0 bridgehead atoms. The molecule has 1 fully saturated rings. The van der Waals surface area contributed by atoms with Gasteiger partial charge in [-0.15, -0.1) is 11.3 Å². The molecule has 0 spiro atoms. The Morgan fingerprint density at radius 1 is 1.41 bits per heavy atom. The van der Waals surface area contributed by atoms with Crippen LogP contribution >= 0.6 is 11.3 Å². The third-order valence-corrected chi connectivity index (χ3v) is 4.77. The van der Waals surface area contributed by atoms with Crippen molar-refractivity contribution in [1.82, 2.24) is 14.9 Å². The van der Waals surface area contributed by atoms with Crippen molar-refractivity contribution in [3.8, 4) is 0 Å². The van der Waals surface area contributed by atoms with Gasteiger partial charge in [-0.25, -0.2) is 9.97 Å². The molecule has 5 nitrogen and oxygen atoms in total. The molecule has 1 N–H and O–H groups in total. The van der Waals surface area contributed by atoms with Crippen LogP contribution in [0, 0.1) is 0 Å². The monoisotopic (exact) mass is 318 g/mol. The molecule has 0 aromatic carbocycles. The third-order valence-electron chi connectivity index (χ3n) is 3.96. The van der Waals surface area contributed by atoms with Crippen molar-refractivity contribution < 1.29 is 4.79 Å². The van der Waals surface area contributed by atoms with Gasteiger partial charge in [0, 0.05) is 24.9 Å². The fourth-order valence-corrected chi connectivity index (χ4v) is 3.60. The maximum absolute atomic E-state index is 12.2. The minimum Gasteiger partial charge on any atom is -0.364 e. The van der Waals surface area contributed by atoms with Crippen LogP contribution in [0.25, 0.3) is 10.2 Å². The van der Waals surface area contributed by atoms with E-state index in [2.05, 4.69) is 43.0 Å². The van der Waals surface area contributed by atoms with Crippen molar-refractivity contribution in [2.45, 2.75) is 52.1 Å². The van der Waals surface area contributed by atoms with Crippen molar-refractivity contribution in [3.05, 3.63) is 17.3 Å². The van der Waals surface area contributed by atoms with E-state index in [0.29, 0.717) is 6.42 Å². The van der Waals surface area contributed by atoms with Crippen molar-refractivity contribution in [1.29, 1.82) is 0 Å². The number of fused-ring (bicyclic) bond motifs is 1. The van der Waals surface area contributed by atoms with Crippen molar-refractivity contribution in [2.24, 2.45) is 0 Å². The second-order valence-electron chi connectivity index (χ2n) is 6.70. The molecule has 22 heavy (non-hydrogen) atoms. The molecule has 1 atom stereocenters.